The van der Waals surface area contributed by atoms with Crippen molar-refractivity contribution in [2.24, 2.45) is 0 Å². The molecule has 2 aliphatic rings. The van der Waals surface area contributed by atoms with Crippen LogP contribution in [0.15, 0.2) is 54.7 Å². The maximum absolute atomic E-state index is 13.0. The zero-order chi connectivity index (χ0) is 21.8. The van der Waals surface area contributed by atoms with Crippen molar-refractivity contribution >= 4 is 28.1 Å². The van der Waals surface area contributed by atoms with E-state index in [-0.39, 0.29) is 5.91 Å². The minimum atomic E-state index is -0.103. The number of nitrogens with one attached hydrogen (secondary N) is 3. The van der Waals surface area contributed by atoms with Crippen LogP contribution >= 0.6 is 11.3 Å². The highest BCUT2D eigenvalue weighted by atomic mass is 32.1. The molecule has 1 fully saturated rings. The number of fused-ring (bicyclic) bond motifs is 1. The van der Waals surface area contributed by atoms with Crippen LogP contribution in [-0.4, -0.2) is 41.5 Å². The SMILES string of the molecule is O=C(Nc1cc2c(s1)CNCC2)c1cccnc1NC1CCN(Cc2ccccc2)CC1. The van der Waals surface area contributed by atoms with Crippen LogP contribution in [0.3, 0.4) is 0 Å². The highest BCUT2D eigenvalue weighted by molar-refractivity contribution is 7.16. The second-order valence-corrected chi connectivity index (χ2v) is 9.66. The summed E-state index contributed by atoms with van der Waals surface area (Å²) in [5.41, 5.74) is 3.30. The van der Waals surface area contributed by atoms with E-state index in [4.69, 9.17) is 0 Å². The van der Waals surface area contributed by atoms with E-state index in [1.54, 1.807) is 17.5 Å². The summed E-state index contributed by atoms with van der Waals surface area (Å²) >= 11 is 1.66. The molecule has 1 aromatic carbocycles. The van der Waals surface area contributed by atoms with Crippen LogP contribution in [0, 0.1) is 0 Å². The van der Waals surface area contributed by atoms with E-state index in [1.165, 1.54) is 16.0 Å². The molecule has 3 aromatic rings. The van der Waals surface area contributed by atoms with Gasteiger partial charge >= 0.3 is 0 Å². The fourth-order valence-electron chi connectivity index (χ4n) is 4.47. The van der Waals surface area contributed by atoms with E-state index in [1.807, 2.05) is 12.1 Å². The van der Waals surface area contributed by atoms with Crippen LogP contribution in [0.25, 0.3) is 0 Å². The van der Waals surface area contributed by atoms with Gasteiger partial charge in [-0.15, -0.1) is 11.3 Å². The van der Waals surface area contributed by atoms with Crippen LogP contribution in [0.1, 0.15) is 39.2 Å². The van der Waals surface area contributed by atoms with E-state index in [9.17, 15) is 4.79 Å². The van der Waals surface area contributed by atoms with Crippen LogP contribution in [0.5, 0.6) is 0 Å². The third-order valence-electron chi connectivity index (χ3n) is 6.22. The molecule has 0 unspecified atom stereocenters. The number of carbonyl (C=O) groups excluding carboxylic acids is 1. The Morgan fingerprint density at radius 3 is 2.81 bits per heavy atom. The monoisotopic (exact) mass is 447 g/mol. The lowest BCUT2D eigenvalue weighted by atomic mass is 10.0. The first-order chi connectivity index (χ1) is 15.7. The van der Waals surface area contributed by atoms with E-state index < -0.39 is 0 Å². The Bertz CT molecular complexity index is 1040. The molecule has 0 atom stereocenters. The van der Waals surface area contributed by atoms with E-state index in [2.05, 4.69) is 62.2 Å². The fourth-order valence-corrected chi connectivity index (χ4v) is 5.54. The minimum Gasteiger partial charge on any atom is -0.367 e. The fraction of sp³-hybridized carbons (Fsp3) is 0.360. The normalized spacial score (nSPS) is 17.0. The van der Waals surface area contributed by atoms with Crippen molar-refractivity contribution in [2.45, 2.75) is 38.4 Å². The summed E-state index contributed by atoms with van der Waals surface area (Å²) in [4.78, 5) is 21.3. The summed E-state index contributed by atoms with van der Waals surface area (Å²) in [6.07, 6.45) is 4.84. The average molecular weight is 448 g/mol. The van der Waals surface area contributed by atoms with Crippen molar-refractivity contribution < 1.29 is 4.79 Å². The summed E-state index contributed by atoms with van der Waals surface area (Å²) < 4.78 is 0. The van der Waals surface area contributed by atoms with Crippen molar-refractivity contribution in [3.63, 3.8) is 0 Å². The molecule has 2 aliphatic heterocycles. The molecule has 2 aromatic heterocycles. The number of amides is 1. The smallest absolute Gasteiger partial charge is 0.260 e. The molecule has 166 valence electrons. The lowest BCUT2D eigenvalue weighted by molar-refractivity contribution is 0.102. The van der Waals surface area contributed by atoms with Crippen LogP contribution in [-0.2, 0) is 19.5 Å². The van der Waals surface area contributed by atoms with Gasteiger partial charge in [0.2, 0.25) is 0 Å². The first-order valence-electron chi connectivity index (χ1n) is 11.4. The number of thiophene rings is 1. The van der Waals surface area contributed by atoms with Crippen LogP contribution in [0.4, 0.5) is 10.8 Å². The van der Waals surface area contributed by atoms with Gasteiger partial charge in [0.25, 0.3) is 5.91 Å². The molecule has 4 heterocycles. The number of pyridine rings is 1. The van der Waals surface area contributed by atoms with Crippen molar-refractivity contribution in [3.05, 3.63) is 76.3 Å². The second-order valence-electron chi connectivity index (χ2n) is 8.52. The third kappa shape index (κ3) is 5.01. The first kappa shape index (κ1) is 21.1. The molecule has 1 amide bonds. The number of rotatable bonds is 6. The number of hydrogen-bond acceptors (Lipinski definition) is 6. The van der Waals surface area contributed by atoms with Crippen LogP contribution in [0.2, 0.25) is 0 Å². The Balaban J connectivity index is 1.19. The Hall–Kier alpha value is -2.74. The predicted molar refractivity (Wildman–Crippen MR) is 130 cm³/mol. The summed E-state index contributed by atoms with van der Waals surface area (Å²) in [5.74, 6) is 0.572. The van der Waals surface area contributed by atoms with Gasteiger partial charge in [-0.05, 0) is 55.1 Å². The lowest BCUT2D eigenvalue weighted by Crippen LogP contribution is -2.39. The highest BCUT2D eigenvalue weighted by Gasteiger charge is 2.22. The average Bonchev–Trinajstić information content (AvgIpc) is 3.24. The van der Waals surface area contributed by atoms with Gasteiger partial charge in [-0.25, -0.2) is 4.98 Å². The van der Waals surface area contributed by atoms with E-state index >= 15 is 0 Å². The molecule has 0 radical (unpaired) electrons. The maximum atomic E-state index is 13.0. The number of hydrogen-bond donors (Lipinski definition) is 3. The molecule has 0 bridgehead atoms. The molecule has 0 saturated carbocycles. The van der Waals surface area contributed by atoms with Gasteiger partial charge in [-0.3, -0.25) is 9.69 Å². The van der Waals surface area contributed by atoms with Gasteiger partial charge in [0.1, 0.15) is 5.82 Å². The summed E-state index contributed by atoms with van der Waals surface area (Å²) in [6.45, 7) is 4.95. The standard InChI is InChI=1S/C25H29N5OS/c31-25(29-23-15-19-8-12-26-16-22(19)32-23)21-7-4-11-27-24(21)28-20-9-13-30(14-10-20)17-18-5-2-1-3-6-18/h1-7,11,15,20,26H,8-10,12-14,16-17H2,(H,27,28)(H,29,31). The second kappa shape index (κ2) is 9.81. The molecule has 1 saturated heterocycles. The van der Waals surface area contributed by atoms with Gasteiger partial charge in [0.15, 0.2) is 0 Å². The largest absolute Gasteiger partial charge is 0.367 e. The van der Waals surface area contributed by atoms with Gasteiger partial charge in [0, 0.05) is 43.3 Å². The maximum Gasteiger partial charge on any atom is 0.260 e. The van der Waals surface area contributed by atoms with Gasteiger partial charge < -0.3 is 16.0 Å². The lowest BCUT2D eigenvalue weighted by Gasteiger charge is -2.32. The number of nitrogens with zero attached hydrogens (tertiary/aromatic N) is 2. The molecule has 0 aliphatic carbocycles. The molecule has 3 N–H and O–H groups in total. The summed E-state index contributed by atoms with van der Waals surface area (Å²) in [7, 11) is 0. The predicted octanol–water partition coefficient (Wildman–Crippen LogP) is 4.12. The Morgan fingerprint density at radius 1 is 1.16 bits per heavy atom. The van der Waals surface area contributed by atoms with Crippen molar-refractivity contribution in [2.75, 3.05) is 30.3 Å². The number of likely N-dealkylation sites (tertiary alicyclic amines) is 1. The zero-order valence-corrected chi connectivity index (χ0v) is 19.0. The number of anilines is 2. The topological polar surface area (TPSA) is 69.3 Å². The molecular formula is C25H29N5OS. The molecule has 5 rings (SSSR count). The van der Waals surface area contributed by atoms with Crippen molar-refractivity contribution in [1.29, 1.82) is 0 Å². The van der Waals surface area contributed by atoms with Gasteiger partial charge in [-0.2, -0.15) is 0 Å². The van der Waals surface area contributed by atoms with E-state index in [0.717, 1.165) is 57.0 Å². The molecular weight excluding hydrogens is 418 g/mol. The molecule has 0 spiro atoms. The third-order valence-corrected chi connectivity index (χ3v) is 7.31. The minimum absolute atomic E-state index is 0.103. The highest BCUT2D eigenvalue weighted by Crippen LogP contribution is 2.30. The van der Waals surface area contributed by atoms with Crippen molar-refractivity contribution in [3.8, 4) is 0 Å². The molecule has 6 nitrogen and oxygen atoms in total. The number of piperidine rings is 1. The summed E-state index contributed by atoms with van der Waals surface area (Å²) in [6, 6.07) is 16.7. The Labute approximate surface area is 193 Å². The molecule has 7 heteroatoms. The van der Waals surface area contributed by atoms with E-state index in [0.29, 0.717) is 17.4 Å². The number of aromatic nitrogens is 1. The molecule has 32 heavy (non-hydrogen) atoms. The van der Waals surface area contributed by atoms with Crippen molar-refractivity contribution in [1.82, 2.24) is 15.2 Å². The Kier molecular flexibility index (Phi) is 6.48. The number of benzene rings is 1. The van der Waals surface area contributed by atoms with Gasteiger partial charge in [0.05, 0.1) is 10.6 Å². The number of carbonyl (C=O) groups is 1. The summed E-state index contributed by atoms with van der Waals surface area (Å²) in [5, 5.41) is 10.9. The van der Waals surface area contributed by atoms with Crippen LogP contribution < -0.4 is 16.0 Å². The van der Waals surface area contributed by atoms with Gasteiger partial charge in [-0.1, -0.05) is 30.3 Å². The zero-order valence-electron chi connectivity index (χ0n) is 18.1. The first-order valence-corrected chi connectivity index (χ1v) is 12.2. The quantitative estimate of drug-likeness (QED) is 0.530. The Morgan fingerprint density at radius 2 is 2.00 bits per heavy atom.